The first-order valence-corrected chi connectivity index (χ1v) is 11.5. The summed E-state index contributed by atoms with van der Waals surface area (Å²) in [6, 6.07) is 10.2. The molecule has 0 bridgehead atoms. The maximum absolute atomic E-state index is 13.0. The number of nitrogens with one attached hydrogen (secondary N) is 1. The predicted octanol–water partition coefficient (Wildman–Crippen LogP) is 3.27. The number of piperidine rings is 3. The van der Waals surface area contributed by atoms with Gasteiger partial charge in [0.25, 0.3) is 0 Å². The summed E-state index contributed by atoms with van der Waals surface area (Å²) < 4.78 is 0. The molecule has 1 aromatic carbocycles. The van der Waals surface area contributed by atoms with E-state index in [9.17, 15) is 9.59 Å². The first kappa shape index (κ1) is 23.1. The molecule has 3 aliphatic rings. The lowest BCUT2D eigenvalue weighted by Crippen LogP contribution is -2.50. The molecular weight excluding hydrogens is 398 g/mol. The van der Waals surface area contributed by atoms with Gasteiger partial charge in [0, 0.05) is 38.5 Å². The van der Waals surface area contributed by atoms with Gasteiger partial charge < -0.3 is 15.1 Å². The Bertz CT molecular complexity index is 688. The summed E-state index contributed by atoms with van der Waals surface area (Å²) >= 11 is 0. The number of halogens is 1. The molecule has 0 saturated carbocycles. The molecule has 2 amide bonds. The summed E-state index contributed by atoms with van der Waals surface area (Å²) in [7, 11) is 0. The number of nitrogens with zero attached hydrogens (tertiary/aromatic N) is 2. The number of amides is 2. The highest BCUT2D eigenvalue weighted by molar-refractivity contribution is 5.85. The molecule has 5 nitrogen and oxygen atoms in total. The Morgan fingerprint density at radius 1 is 0.900 bits per heavy atom. The maximum atomic E-state index is 13.0. The van der Waals surface area contributed by atoms with Crippen LogP contribution < -0.4 is 5.32 Å². The molecule has 1 aromatic rings. The van der Waals surface area contributed by atoms with Gasteiger partial charge in [-0.25, -0.2) is 0 Å². The summed E-state index contributed by atoms with van der Waals surface area (Å²) in [5.74, 6) is 0.672. The second-order valence-corrected chi connectivity index (χ2v) is 9.22. The number of rotatable bonds is 4. The van der Waals surface area contributed by atoms with Gasteiger partial charge in [0.1, 0.15) is 0 Å². The zero-order valence-corrected chi connectivity index (χ0v) is 18.8. The minimum atomic E-state index is 0. The number of carbonyl (C=O) groups excluding carboxylic acids is 2. The molecule has 3 heterocycles. The van der Waals surface area contributed by atoms with E-state index < -0.39 is 0 Å². The van der Waals surface area contributed by atoms with Crippen LogP contribution in [0.5, 0.6) is 0 Å². The van der Waals surface area contributed by atoms with Crippen molar-refractivity contribution in [1.29, 1.82) is 0 Å². The molecule has 0 aromatic heterocycles. The Labute approximate surface area is 187 Å². The van der Waals surface area contributed by atoms with Gasteiger partial charge in [0.2, 0.25) is 11.8 Å². The quantitative estimate of drug-likeness (QED) is 0.792. The average molecular weight is 434 g/mol. The van der Waals surface area contributed by atoms with Crippen molar-refractivity contribution >= 4 is 24.2 Å². The van der Waals surface area contributed by atoms with E-state index in [0.717, 1.165) is 71.4 Å². The molecule has 3 saturated heterocycles. The van der Waals surface area contributed by atoms with Crippen LogP contribution in [-0.2, 0) is 16.0 Å². The lowest BCUT2D eigenvalue weighted by Gasteiger charge is -2.45. The summed E-state index contributed by atoms with van der Waals surface area (Å²) in [6.45, 7) is 5.57. The van der Waals surface area contributed by atoms with Crippen molar-refractivity contribution in [2.75, 3.05) is 39.3 Å². The smallest absolute Gasteiger partial charge is 0.225 e. The topological polar surface area (TPSA) is 52.7 Å². The van der Waals surface area contributed by atoms with Crippen molar-refractivity contribution in [3.8, 4) is 0 Å². The Balaban J connectivity index is 0.00000256. The van der Waals surface area contributed by atoms with Gasteiger partial charge in [0.15, 0.2) is 0 Å². The number of aryl methyl sites for hydroxylation is 1. The number of likely N-dealkylation sites (tertiary alicyclic amines) is 2. The highest BCUT2D eigenvalue weighted by atomic mass is 35.5. The maximum Gasteiger partial charge on any atom is 0.225 e. The SMILES string of the molecule is Cl.O=C(CCc1ccccc1)N1CCC(C(=O)N2CCC3(CCNCC3)CC2)CC1. The Hall–Kier alpha value is -1.59. The standard InChI is InChI=1S/C24H35N3O2.ClH/c28-22(7-6-20-4-2-1-3-5-20)26-16-8-21(9-17-26)23(29)27-18-12-24(13-19-27)10-14-25-15-11-24;/h1-5,21,25H,6-19H2;1H. The van der Waals surface area contributed by atoms with Crippen LogP contribution in [0.4, 0.5) is 0 Å². The van der Waals surface area contributed by atoms with Gasteiger partial charge >= 0.3 is 0 Å². The molecule has 0 atom stereocenters. The van der Waals surface area contributed by atoms with E-state index in [1.807, 2.05) is 23.1 Å². The van der Waals surface area contributed by atoms with E-state index in [4.69, 9.17) is 0 Å². The van der Waals surface area contributed by atoms with Gasteiger partial charge in [-0.1, -0.05) is 30.3 Å². The Morgan fingerprint density at radius 2 is 1.53 bits per heavy atom. The minimum absolute atomic E-state index is 0. The van der Waals surface area contributed by atoms with E-state index in [1.165, 1.54) is 18.4 Å². The Morgan fingerprint density at radius 3 is 2.17 bits per heavy atom. The zero-order chi connectivity index (χ0) is 20.1. The van der Waals surface area contributed by atoms with Gasteiger partial charge in [0.05, 0.1) is 0 Å². The summed E-state index contributed by atoms with van der Waals surface area (Å²) in [5, 5.41) is 3.46. The van der Waals surface area contributed by atoms with Gasteiger partial charge in [-0.05, 0) is 69.0 Å². The van der Waals surface area contributed by atoms with Crippen molar-refractivity contribution in [3.63, 3.8) is 0 Å². The van der Waals surface area contributed by atoms with E-state index >= 15 is 0 Å². The largest absolute Gasteiger partial charge is 0.343 e. The van der Waals surface area contributed by atoms with Crippen LogP contribution in [0.1, 0.15) is 50.5 Å². The highest BCUT2D eigenvalue weighted by Gasteiger charge is 2.38. The second-order valence-electron chi connectivity index (χ2n) is 9.22. The van der Waals surface area contributed by atoms with Crippen LogP contribution in [0, 0.1) is 11.3 Å². The fourth-order valence-corrected chi connectivity index (χ4v) is 5.35. The molecule has 0 aliphatic carbocycles. The second kappa shape index (κ2) is 10.6. The van der Waals surface area contributed by atoms with Gasteiger partial charge in [-0.3, -0.25) is 9.59 Å². The molecule has 3 fully saturated rings. The van der Waals surface area contributed by atoms with Crippen LogP contribution in [-0.4, -0.2) is 60.9 Å². The third-order valence-corrected chi connectivity index (χ3v) is 7.47. The lowest BCUT2D eigenvalue weighted by atomic mass is 9.71. The summed E-state index contributed by atoms with van der Waals surface area (Å²) in [6.07, 6.45) is 7.85. The number of hydrogen-bond acceptors (Lipinski definition) is 3. The van der Waals surface area contributed by atoms with Gasteiger partial charge in [-0.2, -0.15) is 0 Å². The third kappa shape index (κ3) is 5.55. The third-order valence-electron chi connectivity index (χ3n) is 7.47. The first-order chi connectivity index (χ1) is 14.2. The first-order valence-electron chi connectivity index (χ1n) is 11.5. The molecule has 6 heteroatoms. The monoisotopic (exact) mass is 433 g/mol. The van der Waals surface area contributed by atoms with E-state index in [2.05, 4.69) is 22.3 Å². The fourth-order valence-electron chi connectivity index (χ4n) is 5.35. The molecule has 0 radical (unpaired) electrons. The molecule has 0 unspecified atom stereocenters. The Kier molecular flexibility index (Phi) is 8.18. The highest BCUT2D eigenvalue weighted by Crippen LogP contribution is 2.40. The molecule has 4 rings (SSSR count). The minimum Gasteiger partial charge on any atom is -0.343 e. The van der Waals surface area contributed by atoms with Crippen molar-refractivity contribution in [1.82, 2.24) is 15.1 Å². The molecule has 1 N–H and O–H groups in total. The lowest BCUT2D eigenvalue weighted by molar-refractivity contribution is -0.142. The van der Waals surface area contributed by atoms with Crippen molar-refractivity contribution < 1.29 is 9.59 Å². The average Bonchev–Trinajstić information content (AvgIpc) is 2.79. The fraction of sp³-hybridized carbons (Fsp3) is 0.667. The number of hydrogen-bond donors (Lipinski definition) is 1. The number of benzene rings is 1. The predicted molar refractivity (Wildman–Crippen MR) is 122 cm³/mol. The number of carbonyl (C=O) groups is 2. The normalized spacial score (nSPS) is 21.9. The van der Waals surface area contributed by atoms with Crippen molar-refractivity contribution in [2.45, 2.75) is 51.4 Å². The van der Waals surface area contributed by atoms with Crippen LogP contribution in [0.25, 0.3) is 0 Å². The molecule has 30 heavy (non-hydrogen) atoms. The molecular formula is C24H36ClN3O2. The van der Waals surface area contributed by atoms with E-state index in [1.54, 1.807) is 0 Å². The zero-order valence-electron chi connectivity index (χ0n) is 18.0. The molecule has 1 spiro atoms. The molecule has 3 aliphatic heterocycles. The van der Waals surface area contributed by atoms with Crippen LogP contribution in [0.2, 0.25) is 0 Å². The van der Waals surface area contributed by atoms with Crippen molar-refractivity contribution in [2.24, 2.45) is 11.3 Å². The summed E-state index contributed by atoms with van der Waals surface area (Å²) in [4.78, 5) is 29.6. The van der Waals surface area contributed by atoms with Crippen LogP contribution >= 0.6 is 12.4 Å². The van der Waals surface area contributed by atoms with Crippen molar-refractivity contribution in [3.05, 3.63) is 35.9 Å². The van der Waals surface area contributed by atoms with E-state index in [0.29, 0.717) is 17.7 Å². The van der Waals surface area contributed by atoms with Crippen LogP contribution in [0.3, 0.4) is 0 Å². The van der Waals surface area contributed by atoms with Gasteiger partial charge in [-0.15, -0.1) is 12.4 Å². The molecule has 166 valence electrons. The van der Waals surface area contributed by atoms with E-state index in [-0.39, 0.29) is 24.2 Å². The van der Waals surface area contributed by atoms with Crippen LogP contribution in [0.15, 0.2) is 30.3 Å². The summed E-state index contributed by atoms with van der Waals surface area (Å²) in [5.41, 5.74) is 1.69.